The van der Waals surface area contributed by atoms with Gasteiger partial charge in [-0.25, -0.2) is 5.10 Å². The number of carbonyl (C=O) groups is 1. The van der Waals surface area contributed by atoms with E-state index in [1.54, 1.807) is 24.3 Å². The highest BCUT2D eigenvalue weighted by molar-refractivity contribution is 7.99. The van der Waals surface area contributed by atoms with Crippen LogP contribution in [0.1, 0.15) is 12.5 Å². The average molecular weight is 343 g/mol. The summed E-state index contributed by atoms with van der Waals surface area (Å²) < 4.78 is 0. The summed E-state index contributed by atoms with van der Waals surface area (Å²) in [4.78, 5) is 15.9. The number of aromatic nitrogens is 3. The van der Waals surface area contributed by atoms with Gasteiger partial charge in [0.1, 0.15) is 0 Å². The molecule has 0 aliphatic rings. The molecule has 0 saturated heterocycles. The van der Waals surface area contributed by atoms with Crippen LogP contribution in [0.4, 0.5) is 5.95 Å². The minimum absolute atomic E-state index is 0.315. The molecule has 1 aromatic heterocycles. The number of halogens is 2. The third kappa shape index (κ3) is 4.77. The Labute approximate surface area is 136 Å². The van der Waals surface area contributed by atoms with Gasteiger partial charge in [-0.15, -0.1) is 5.10 Å². The van der Waals surface area contributed by atoms with Crippen molar-refractivity contribution < 1.29 is 4.79 Å². The first kappa shape index (κ1) is 15.9. The van der Waals surface area contributed by atoms with Gasteiger partial charge < -0.3 is 0 Å². The van der Waals surface area contributed by atoms with Crippen molar-refractivity contribution in [3.8, 4) is 0 Å². The van der Waals surface area contributed by atoms with Crippen LogP contribution in [0.25, 0.3) is 6.08 Å². The number of nitrogens with zero attached hydrogens (tertiary/aromatic N) is 2. The van der Waals surface area contributed by atoms with Gasteiger partial charge in [0.2, 0.25) is 11.1 Å². The van der Waals surface area contributed by atoms with E-state index in [4.69, 9.17) is 23.2 Å². The Morgan fingerprint density at radius 1 is 1.43 bits per heavy atom. The minimum Gasteiger partial charge on any atom is -0.291 e. The van der Waals surface area contributed by atoms with E-state index in [0.29, 0.717) is 21.2 Å². The second-order valence-electron chi connectivity index (χ2n) is 3.90. The third-order valence-electron chi connectivity index (χ3n) is 2.35. The predicted octanol–water partition coefficient (Wildman–Crippen LogP) is 3.88. The second-order valence-corrected chi connectivity index (χ2v) is 5.94. The summed E-state index contributed by atoms with van der Waals surface area (Å²) >= 11 is 13.2. The van der Waals surface area contributed by atoms with Crippen molar-refractivity contribution >= 4 is 52.9 Å². The lowest BCUT2D eigenvalue weighted by Crippen LogP contribution is -2.09. The highest BCUT2D eigenvalue weighted by Crippen LogP contribution is 2.23. The molecule has 2 rings (SSSR count). The molecule has 0 unspecified atom stereocenters. The van der Waals surface area contributed by atoms with Crippen molar-refractivity contribution in [2.24, 2.45) is 0 Å². The van der Waals surface area contributed by atoms with Gasteiger partial charge in [0, 0.05) is 6.08 Å². The number of hydrogen-bond donors (Lipinski definition) is 2. The summed E-state index contributed by atoms with van der Waals surface area (Å²) in [5.74, 6) is 0.864. The van der Waals surface area contributed by atoms with Crippen LogP contribution in [0.5, 0.6) is 0 Å². The first-order chi connectivity index (χ1) is 10.1. The molecule has 0 atom stereocenters. The normalized spacial score (nSPS) is 11.0. The Hall–Kier alpha value is -1.50. The molecule has 2 N–H and O–H groups in total. The van der Waals surface area contributed by atoms with Crippen LogP contribution in [-0.2, 0) is 4.79 Å². The lowest BCUT2D eigenvalue weighted by atomic mass is 10.2. The Bertz CT molecular complexity index is 672. The van der Waals surface area contributed by atoms with Crippen molar-refractivity contribution in [2.45, 2.75) is 12.1 Å². The van der Waals surface area contributed by atoms with E-state index in [2.05, 4.69) is 20.5 Å². The second kappa shape index (κ2) is 7.49. The first-order valence-electron chi connectivity index (χ1n) is 6.08. The minimum atomic E-state index is -0.315. The number of benzene rings is 1. The number of aromatic amines is 1. The molecule has 0 radical (unpaired) electrons. The fourth-order valence-electron chi connectivity index (χ4n) is 1.44. The Morgan fingerprint density at radius 2 is 2.24 bits per heavy atom. The maximum atomic E-state index is 11.8. The number of hydrogen-bond acceptors (Lipinski definition) is 4. The topological polar surface area (TPSA) is 70.7 Å². The van der Waals surface area contributed by atoms with E-state index in [1.807, 2.05) is 6.92 Å². The number of anilines is 1. The van der Waals surface area contributed by atoms with Gasteiger partial charge in [-0.2, -0.15) is 4.98 Å². The van der Waals surface area contributed by atoms with Crippen molar-refractivity contribution in [3.05, 3.63) is 39.9 Å². The third-order valence-corrected chi connectivity index (χ3v) is 3.82. The molecule has 1 aromatic carbocycles. The van der Waals surface area contributed by atoms with E-state index >= 15 is 0 Å². The number of rotatable bonds is 5. The van der Waals surface area contributed by atoms with Crippen LogP contribution < -0.4 is 5.32 Å². The molecule has 0 spiro atoms. The number of H-pyrrole nitrogens is 1. The molecule has 0 aliphatic heterocycles. The monoisotopic (exact) mass is 342 g/mol. The highest BCUT2D eigenvalue weighted by atomic mass is 35.5. The molecule has 8 heteroatoms. The molecule has 5 nitrogen and oxygen atoms in total. The molecule has 2 aromatic rings. The van der Waals surface area contributed by atoms with Crippen LogP contribution in [0.2, 0.25) is 10.0 Å². The average Bonchev–Trinajstić information content (AvgIpc) is 2.88. The molecule has 0 fully saturated rings. The smallest absolute Gasteiger partial charge is 0.250 e. The van der Waals surface area contributed by atoms with Gasteiger partial charge in [-0.3, -0.25) is 10.1 Å². The lowest BCUT2D eigenvalue weighted by Gasteiger charge is -1.98. The van der Waals surface area contributed by atoms with E-state index in [1.165, 1.54) is 17.8 Å². The van der Waals surface area contributed by atoms with E-state index in [9.17, 15) is 4.79 Å². The SMILES string of the molecule is CCSc1n[nH]c(NC(=O)/C=C/c2ccc(Cl)c(Cl)c2)n1. The number of thioether (sulfide) groups is 1. The Morgan fingerprint density at radius 3 is 2.95 bits per heavy atom. The van der Waals surface area contributed by atoms with Crippen molar-refractivity contribution in [1.82, 2.24) is 15.2 Å². The summed E-state index contributed by atoms with van der Waals surface area (Å²) in [6.07, 6.45) is 3.02. The highest BCUT2D eigenvalue weighted by Gasteiger charge is 2.05. The molecule has 21 heavy (non-hydrogen) atoms. The molecular weight excluding hydrogens is 331 g/mol. The van der Waals surface area contributed by atoms with E-state index in [0.717, 1.165) is 11.3 Å². The van der Waals surface area contributed by atoms with Crippen molar-refractivity contribution in [3.63, 3.8) is 0 Å². The van der Waals surface area contributed by atoms with Gasteiger partial charge in [-0.05, 0) is 29.5 Å². The summed E-state index contributed by atoms with van der Waals surface area (Å²) in [6, 6.07) is 5.12. The lowest BCUT2D eigenvalue weighted by molar-refractivity contribution is -0.111. The van der Waals surface area contributed by atoms with Crippen LogP contribution in [0.15, 0.2) is 29.4 Å². The number of nitrogens with one attached hydrogen (secondary N) is 2. The summed E-state index contributed by atoms with van der Waals surface area (Å²) in [5.41, 5.74) is 0.777. The summed E-state index contributed by atoms with van der Waals surface area (Å²) in [7, 11) is 0. The standard InChI is InChI=1S/C13H12Cl2N4OS/c1-2-21-13-17-12(18-19-13)16-11(20)6-4-8-3-5-9(14)10(15)7-8/h3-7H,2H2,1H3,(H2,16,17,18,19,20)/b6-4+. The molecular formula is C13H12Cl2N4OS. The van der Waals surface area contributed by atoms with E-state index in [-0.39, 0.29) is 5.91 Å². The zero-order valence-corrected chi connectivity index (χ0v) is 13.4. The first-order valence-corrected chi connectivity index (χ1v) is 7.82. The molecule has 1 heterocycles. The number of amides is 1. The zero-order valence-electron chi connectivity index (χ0n) is 11.1. The fraction of sp³-hybridized carbons (Fsp3) is 0.154. The quantitative estimate of drug-likeness (QED) is 0.639. The molecule has 110 valence electrons. The molecule has 0 aliphatic carbocycles. The zero-order chi connectivity index (χ0) is 15.2. The summed E-state index contributed by atoms with van der Waals surface area (Å²) in [5, 5.41) is 10.7. The maximum absolute atomic E-state index is 11.8. The Kier molecular flexibility index (Phi) is 5.67. The largest absolute Gasteiger partial charge is 0.291 e. The van der Waals surface area contributed by atoms with Crippen LogP contribution in [0, 0.1) is 0 Å². The van der Waals surface area contributed by atoms with Crippen molar-refractivity contribution in [2.75, 3.05) is 11.1 Å². The van der Waals surface area contributed by atoms with E-state index < -0.39 is 0 Å². The van der Waals surface area contributed by atoms with Crippen molar-refractivity contribution in [1.29, 1.82) is 0 Å². The molecule has 1 amide bonds. The van der Waals surface area contributed by atoms with Crippen LogP contribution in [0.3, 0.4) is 0 Å². The van der Waals surface area contributed by atoms with Crippen LogP contribution >= 0.6 is 35.0 Å². The summed E-state index contributed by atoms with van der Waals surface area (Å²) in [6.45, 7) is 2.00. The van der Waals surface area contributed by atoms with Crippen LogP contribution in [-0.4, -0.2) is 26.8 Å². The Balaban J connectivity index is 1.96. The van der Waals surface area contributed by atoms with Gasteiger partial charge in [0.05, 0.1) is 10.0 Å². The molecule has 0 bridgehead atoms. The van der Waals surface area contributed by atoms with Gasteiger partial charge >= 0.3 is 0 Å². The predicted molar refractivity (Wildman–Crippen MR) is 86.9 cm³/mol. The van der Waals surface area contributed by atoms with Gasteiger partial charge in [-0.1, -0.05) is 48.0 Å². The van der Waals surface area contributed by atoms with Gasteiger partial charge in [0.15, 0.2) is 0 Å². The molecule has 0 saturated carbocycles. The number of carbonyl (C=O) groups excluding carboxylic acids is 1. The fourth-order valence-corrected chi connectivity index (χ4v) is 2.27. The van der Waals surface area contributed by atoms with Gasteiger partial charge in [0.25, 0.3) is 5.91 Å². The maximum Gasteiger partial charge on any atom is 0.250 e.